The van der Waals surface area contributed by atoms with Gasteiger partial charge in [0.05, 0.1) is 0 Å². The molecule has 0 spiro atoms. The summed E-state index contributed by atoms with van der Waals surface area (Å²) in [6, 6.07) is 0.351. The standard InChI is InChI=1S/C61H120N6O9/c1-15-16-48-67(57(72)76-61(12,13)14)53(65-55(70)74-59(6,7)8)51(49-66(56(71)75-60(9,10)11)47-41-40-46-64-54(69)73-58(3,4)5)43-37-34-35-39-45-63-52(68)44-38-33-31-29-27-25-23-21-19-17-18-20-22-24-26-28-30-32-36-42-50(2)62/h50-51,53H,15-49,62H2,1-14H3,(H,63,68)(H,64,69)(H,65,70). The number of carbonyl (C=O) groups excluding carboxylic acids is 5. The van der Waals surface area contributed by atoms with E-state index in [1.807, 2.05) is 69.2 Å². The van der Waals surface area contributed by atoms with Crippen molar-refractivity contribution in [3.8, 4) is 0 Å². The maximum Gasteiger partial charge on any atom is 0.411 e. The molecule has 0 aliphatic heterocycles. The lowest BCUT2D eigenvalue weighted by Gasteiger charge is -2.40. The van der Waals surface area contributed by atoms with Crippen LogP contribution in [0.3, 0.4) is 0 Å². The van der Waals surface area contributed by atoms with Crippen molar-refractivity contribution in [1.29, 1.82) is 0 Å². The Labute approximate surface area is 465 Å². The van der Waals surface area contributed by atoms with E-state index in [9.17, 15) is 24.0 Å². The van der Waals surface area contributed by atoms with Gasteiger partial charge in [-0.25, -0.2) is 19.2 Å². The van der Waals surface area contributed by atoms with Gasteiger partial charge in [0.1, 0.15) is 28.6 Å². The zero-order chi connectivity index (χ0) is 57.5. The van der Waals surface area contributed by atoms with E-state index in [1.165, 1.54) is 109 Å². The minimum atomic E-state index is -0.893. The second-order valence-electron chi connectivity index (χ2n) is 25.7. The number of carbonyl (C=O) groups is 5. The van der Waals surface area contributed by atoms with Gasteiger partial charge in [-0.15, -0.1) is 0 Å². The molecule has 0 heterocycles. The van der Waals surface area contributed by atoms with Crippen LogP contribution >= 0.6 is 0 Å². The first-order valence-corrected chi connectivity index (χ1v) is 30.6. The molecule has 3 unspecified atom stereocenters. The number of hydrogen-bond donors (Lipinski definition) is 4. The van der Waals surface area contributed by atoms with Crippen molar-refractivity contribution in [2.75, 3.05) is 32.7 Å². The Bertz CT molecular complexity index is 1520. The van der Waals surface area contributed by atoms with Gasteiger partial charge in [-0.2, -0.15) is 0 Å². The molecule has 3 atom stereocenters. The van der Waals surface area contributed by atoms with E-state index in [1.54, 1.807) is 30.6 Å². The normalized spacial score (nSPS) is 13.3. The Kier molecular flexibility index (Phi) is 39.6. The largest absolute Gasteiger partial charge is 0.444 e. The van der Waals surface area contributed by atoms with E-state index in [2.05, 4.69) is 22.9 Å². The van der Waals surface area contributed by atoms with Gasteiger partial charge in [0.15, 0.2) is 0 Å². The van der Waals surface area contributed by atoms with Gasteiger partial charge in [0, 0.05) is 51.1 Å². The van der Waals surface area contributed by atoms with Crippen LogP contribution in [-0.4, -0.2) is 107 Å². The molecule has 0 aliphatic carbocycles. The Hall–Kier alpha value is -3.49. The van der Waals surface area contributed by atoms with Gasteiger partial charge in [-0.3, -0.25) is 9.69 Å². The van der Waals surface area contributed by atoms with Gasteiger partial charge in [0.25, 0.3) is 0 Å². The van der Waals surface area contributed by atoms with Crippen LogP contribution in [0.1, 0.15) is 290 Å². The predicted octanol–water partition coefficient (Wildman–Crippen LogP) is 15.6. The third-order valence-corrected chi connectivity index (χ3v) is 12.8. The van der Waals surface area contributed by atoms with Crippen LogP contribution in [-0.2, 0) is 23.7 Å². The van der Waals surface area contributed by atoms with E-state index in [0.29, 0.717) is 64.3 Å². The topological polar surface area (TPSA) is 191 Å². The highest BCUT2D eigenvalue weighted by Crippen LogP contribution is 2.25. The van der Waals surface area contributed by atoms with Crippen molar-refractivity contribution in [1.82, 2.24) is 25.8 Å². The quantitative estimate of drug-likeness (QED) is 0.0260. The molecule has 0 aliphatic rings. The molecule has 0 fully saturated rings. The average molecular weight is 1080 g/mol. The van der Waals surface area contributed by atoms with Gasteiger partial charge < -0.3 is 45.5 Å². The molecule has 15 nitrogen and oxygen atoms in total. The monoisotopic (exact) mass is 1080 g/mol. The molecule has 0 saturated heterocycles. The zero-order valence-corrected chi connectivity index (χ0v) is 51.6. The average Bonchev–Trinajstić information content (AvgIpc) is 3.27. The summed E-state index contributed by atoms with van der Waals surface area (Å²) in [5.74, 6) is -0.350. The van der Waals surface area contributed by atoms with E-state index >= 15 is 0 Å². The number of alkyl carbamates (subject to hydrolysis) is 2. The van der Waals surface area contributed by atoms with Crippen molar-refractivity contribution in [3.63, 3.8) is 0 Å². The molecule has 5 amide bonds. The summed E-state index contributed by atoms with van der Waals surface area (Å²) in [6.07, 6.45) is 29.8. The molecule has 0 aromatic rings. The van der Waals surface area contributed by atoms with Crippen molar-refractivity contribution in [2.24, 2.45) is 11.7 Å². The highest BCUT2D eigenvalue weighted by atomic mass is 16.6. The van der Waals surface area contributed by atoms with Crippen molar-refractivity contribution < 1.29 is 42.9 Å². The highest BCUT2D eigenvalue weighted by Gasteiger charge is 2.38. The highest BCUT2D eigenvalue weighted by molar-refractivity contribution is 5.75. The fourth-order valence-electron chi connectivity index (χ4n) is 8.98. The van der Waals surface area contributed by atoms with Crippen LogP contribution in [0.25, 0.3) is 0 Å². The number of nitrogens with zero attached hydrogens (tertiary/aromatic N) is 2. The summed E-state index contributed by atoms with van der Waals surface area (Å²) in [7, 11) is 0. The summed E-state index contributed by atoms with van der Waals surface area (Å²) in [4.78, 5) is 70.1. The second-order valence-corrected chi connectivity index (χ2v) is 25.7. The number of nitrogens with one attached hydrogen (secondary N) is 3. The van der Waals surface area contributed by atoms with Crippen LogP contribution in [0.4, 0.5) is 19.2 Å². The number of rotatable bonds is 42. The lowest BCUT2D eigenvalue weighted by molar-refractivity contribution is -0.121. The lowest BCUT2D eigenvalue weighted by Crippen LogP contribution is -2.58. The summed E-state index contributed by atoms with van der Waals surface area (Å²) >= 11 is 0. The smallest absolute Gasteiger partial charge is 0.411 e. The molecule has 0 saturated carbocycles. The first-order chi connectivity index (χ1) is 35.6. The molecule has 76 heavy (non-hydrogen) atoms. The van der Waals surface area contributed by atoms with Crippen LogP contribution in [0.2, 0.25) is 0 Å². The Balaban J connectivity index is 5.38. The molecule has 448 valence electrons. The summed E-state index contributed by atoms with van der Waals surface area (Å²) < 4.78 is 23.1. The fraction of sp³-hybridized carbons (Fsp3) is 0.918. The molecule has 15 heteroatoms. The van der Waals surface area contributed by atoms with Gasteiger partial charge in [-0.1, -0.05) is 148 Å². The van der Waals surface area contributed by atoms with Gasteiger partial charge in [-0.05, 0) is 135 Å². The van der Waals surface area contributed by atoms with E-state index in [4.69, 9.17) is 24.7 Å². The molecule has 5 N–H and O–H groups in total. The number of hydrogen-bond acceptors (Lipinski definition) is 10. The van der Waals surface area contributed by atoms with Crippen molar-refractivity contribution in [2.45, 2.75) is 324 Å². The third-order valence-electron chi connectivity index (χ3n) is 12.8. The number of ether oxygens (including phenoxy) is 4. The fourth-order valence-corrected chi connectivity index (χ4v) is 8.98. The summed E-state index contributed by atoms with van der Waals surface area (Å²) in [5, 5.41) is 8.97. The zero-order valence-electron chi connectivity index (χ0n) is 51.6. The second kappa shape index (κ2) is 41.5. The number of amides is 5. The van der Waals surface area contributed by atoms with E-state index < -0.39 is 58.9 Å². The maximum absolute atomic E-state index is 14.1. The Morgan fingerprint density at radius 1 is 0.447 bits per heavy atom. The minimum absolute atomic E-state index is 0.108. The van der Waals surface area contributed by atoms with Crippen LogP contribution in [0, 0.1) is 5.92 Å². The van der Waals surface area contributed by atoms with Crippen molar-refractivity contribution >= 4 is 30.3 Å². The molecule has 0 aromatic carbocycles. The number of nitrogens with two attached hydrogens (primary N) is 1. The SMILES string of the molecule is CCCCN(C(=O)OC(C)(C)C)C(NC(=O)OC(C)(C)C)C(CCCCCCNC(=O)CCCCCCCCCCCCCCCCCCCCCC(C)N)CN(CCCCNC(=O)OC(C)(C)C)C(=O)OC(C)(C)C. The van der Waals surface area contributed by atoms with Gasteiger partial charge >= 0.3 is 24.4 Å². The van der Waals surface area contributed by atoms with Crippen LogP contribution in [0.15, 0.2) is 0 Å². The van der Waals surface area contributed by atoms with Crippen LogP contribution in [0.5, 0.6) is 0 Å². The molecule has 0 aromatic heterocycles. The summed E-state index contributed by atoms with van der Waals surface area (Å²) in [6.45, 7) is 27.5. The van der Waals surface area contributed by atoms with Gasteiger partial charge in [0.2, 0.25) is 5.91 Å². The molecule has 0 radical (unpaired) electrons. The first kappa shape index (κ1) is 72.5. The van der Waals surface area contributed by atoms with E-state index in [0.717, 1.165) is 51.4 Å². The maximum atomic E-state index is 14.1. The molecule has 0 bridgehead atoms. The van der Waals surface area contributed by atoms with Crippen molar-refractivity contribution in [3.05, 3.63) is 0 Å². The number of unbranched alkanes of at least 4 members (excludes halogenated alkanes) is 23. The third kappa shape index (κ3) is 45.5. The minimum Gasteiger partial charge on any atom is -0.444 e. The summed E-state index contributed by atoms with van der Waals surface area (Å²) in [5.41, 5.74) is 2.83. The molecular weight excluding hydrogens is 961 g/mol. The predicted molar refractivity (Wildman–Crippen MR) is 312 cm³/mol. The van der Waals surface area contributed by atoms with Crippen LogP contribution < -0.4 is 21.7 Å². The first-order valence-electron chi connectivity index (χ1n) is 30.6. The Morgan fingerprint density at radius 2 is 0.842 bits per heavy atom. The molecular formula is C61H120N6O9. The Morgan fingerprint density at radius 3 is 1.30 bits per heavy atom. The lowest BCUT2D eigenvalue weighted by atomic mass is 9.95. The van der Waals surface area contributed by atoms with E-state index in [-0.39, 0.29) is 12.5 Å². The molecule has 0 rings (SSSR count).